The first-order valence-corrected chi connectivity index (χ1v) is 9.95. The second-order valence-corrected chi connectivity index (χ2v) is 7.71. The van der Waals surface area contributed by atoms with Gasteiger partial charge in [-0.3, -0.25) is 0 Å². The van der Waals surface area contributed by atoms with Gasteiger partial charge in [0.15, 0.2) is 5.65 Å². The van der Waals surface area contributed by atoms with Crippen LogP contribution in [0.1, 0.15) is 34.4 Å². The van der Waals surface area contributed by atoms with E-state index in [4.69, 9.17) is 19.2 Å². The number of ether oxygens (including phenoxy) is 1. The quantitative estimate of drug-likeness (QED) is 0.422. The predicted molar refractivity (Wildman–Crippen MR) is 115 cm³/mol. The fourth-order valence-electron chi connectivity index (χ4n) is 3.37. The Kier molecular flexibility index (Phi) is 5.11. The summed E-state index contributed by atoms with van der Waals surface area (Å²) in [6.07, 6.45) is 0.702. The minimum atomic E-state index is -0.858. The standard InChI is InChI=1S/C21H20IN3O3/c1-12-17(20(26)16-5-4-10-28-16)19(22)18-13(2)24-25(21(18)23-12)11-14-6-8-15(27-3)9-7-14/h4-10,20,26H,11H2,1-3H3. The van der Waals surface area contributed by atoms with E-state index in [0.29, 0.717) is 12.3 Å². The molecule has 0 radical (unpaired) electrons. The van der Waals surface area contributed by atoms with Crippen LogP contribution < -0.4 is 4.74 Å². The van der Waals surface area contributed by atoms with Gasteiger partial charge in [0.1, 0.15) is 17.6 Å². The minimum Gasteiger partial charge on any atom is -0.497 e. The molecule has 6 nitrogen and oxygen atoms in total. The average molecular weight is 489 g/mol. The van der Waals surface area contributed by atoms with Crippen molar-refractivity contribution in [2.75, 3.05) is 7.11 Å². The van der Waals surface area contributed by atoms with E-state index < -0.39 is 6.10 Å². The number of aliphatic hydroxyl groups excluding tert-OH is 1. The number of methoxy groups -OCH3 is 1. The Labute approximate surface area is 176 Å². The van der Waals surface area contributed by atoms with Gasteiger partial charge in [0, 0.05) is 14.8 Å². The normalized spacial score (nSPS) is 12.5. The summed E-state index contributed by atoms with van der Waals surface area (Å²) in [7, 11) is 1.66. The highest BCUT2D eigenvalue weighted by atomic mass is 127. The molecule has 0 bridgehead atoms. The van der Waals surface area contributed by atoms with Crippen LogP contribution in [0, 0.1) is 17.4 Å². The Bertz CT molecular complexity index is 1120. The number of nitrogens with zero attached hydrogens (tertiary/aromatic N) is 3. The molecule has 3 aromatic heterocycles. The van der Waals surface area contributed by atoms with Gasteiger partial charge in [-0.2, -0.15) is 5.10 Å². The zero-order chi connectivity index (χ0) is 19.8. The molecule has 1 N–H and O–H groups in total. The van der Waals surface area contributed by atoms with Crippen LogP contribution in [0.4, 0.5) is 0 Å². The second-order valence-electron chi connectivity index (χ2n) is 6.63. The van der Waals surface area contributed by atoms with Crippen molar-refractivity contribution in [3.8, 4) is 5.75 Å². The van der Waals surface area contributed by atoms with E-state index in [9.17, 15) is 5.11 Å². The summed E-state index contributed by atoms with van der Waals surface area (Å²) in [5.74, 6) is 1.33. The van der Waals surface area contributed by atoms with E-state index in [-0.39, 0.29) is 0 Å². The van der Waals surface area contributed by atoms with Crippen LogP contribution in [0.3, 0.4) is 0 Å². The largest absolute Gasteiger partial charge is 0.497 e. The maximum Gasteiger partial charge on any atom is 0.159 e. The van der Waals surface area contributed by atoms with Gasteiger partial charge in [0.25, 0.3) is 0 Å². The monoisotopic (exact) mass is 489 g/mol. The third kappa shape index (κ3) is 3.29. The predicted octanol–water partition coefficient (Wildman–Crippen LogP) is 4.38. The van der Waals surface area contributed by atoms with Crippen molar-refractivity contribution in [3.05, 3.63) is 74.5 Å². The Morgan fingerprint density at radius 2 is 1.93 bits per heavy atom. The molecule has 0 aliphatic heterocycles. The number of aliphatic hydroxyl groups is 1. The van der Waals surface area contributed by atoms with Crippen LogP contribution >= 0.6 is 22.6 Å². The van der Waals surface area contributed by atoms with Crippen LogP contribution in [0.25, 0.3) is 11.0 Å². The number of aryl methyl sites for hydroxylation is 2. The van der Waals surface area contributed by atoms with Crippen LogP contribution in [-0.2, 0) is 6.54 Å². The Hall–Kier alpha value is -2.39. The number of hydrogen-bond acceptors (Lipinski definition) is 5. The molecule has 0 saturated heterocycles. The molecule has 28 heavy (non-hydrogen) atoms. The number of furan rings is 1. The Morgan fingerprint density at radius 3 is 2.57 bits per heavy atom. The molecule has 1 atom stereocenters. The van der Waals surface area contributed by atoms with Gasteiger partial charge in [-0.15, -0.1) is 0 Å². The number of pyridine rings is 1. The lowest BCUT2D eigenvalue weighted by Gasteiger charge is -2.14. The molecule has 0 fully saturated rings. The minimum absolute atomic E-state index is 0.505. The van der Waals surface area contributed by atoms with E-state index in [1.807, 2.05) is 42.8 Å². The first-order chi connectivity index (χ1) is 13.5. The van der Waals surface area contributed by atoms with Gasteiger partial charge in [-0.05, 0) is 66.3 Å². The summed E-state index contributed by atoms with van der Waals surface area (Å²) in [6, 6.07) is 11.5. The smallest absolute Gasteiger partial charge is 0.159 e. The molecule has 0 aliphatic rings. The average Bonchev–Trinajstić information content (AvgIpc) is 3.31. The number of fused-ring (bicyclic) bond motifs is 1. The van der Waals surface area contributed by atoms with Gasteiger partial charge in [0.05, 0.1) is 31.0 Å². The molecule has 7 heteroatoms. The van der Waals surface area contributed by atoms with E-state index in [0.717, 1.165) is 42.9 Å². The molecule has 1 unspecified atom stereocenters. The zero-order valence-corrected chi connectivity index (χ0v) is 18.0. The second kappa shape index (κ2) is 7.56. The van der Waals surface area contributed by atoms with Crippen LogP contribution in [0.5, 0.6) is 5.75 Å². The molecule has 4 rings (SSSR count). The summed E-state index contributed by atoms with van der Waals surface area (Å²) in [5, 5.41) is 16.5. The van der Waals surface area contributed by atoms with Crippen molar-refractivity contribution in [2.45, 2.75) is 26.5 Å². The van der Waals surface area contributed by atoms with Gasteiger partial charge < -0.3 is 14.3 Å². The number of aromatic nitrogens is 3. The molecule has 0 amide bonds. The van der Waals surface area contributed by atoms with Crippen molar-refractivity contribution in [3.63, 3.8) is 0 Å². The summed E-state index contributed by atoms with van der Waals surface area (Å²) in [6.45, 7) is 4.48. The third-order valence-electron chi connectivity index (χ3n) is 4.80. The first kappa shape index (κ1) is 18.9. The van der Waals surface area contributed by atoms with Crippen molar-refractivity contribution in [1.29, 1.82) is 0 Å². The number of benzene rings is 1. The first-order valence-electron chi connectivity index (χ1n) is 8.87. The highest BCUT2D eigenvalue weighted by Crippen LogP contribution is 2.34. The molecular formula is C21H20IN3O3. The maximum absolute atomic E-state index is 10.8. The summed E-state index contributed by atoms with van der Waals surface area (Å²) in [4.78, 5) is 4.79. The summed E-state index contributed by atoms with van der Waals surface area (Å²) < 4.78 is 13.5. The van der Waals surface area contributed by atoms with E-state index in [1.54, 1.807) is 25.5 Å². The molecule has 3 heterocycles. The van der Waals surface area contributed by atoms with E-state index in [1.165, 1.54) is 0 Å². The van der Waals surface area contributed by atoms with Crippen LogP contribution in [0.15, 0.2) is 47.1 Å². The SMILES string of the molecule is COc1ccc(Cn2nc(C)c3c(I)c(C(O)c4ccco4)c(C)nc32)cc1. The maximum atomic E-state index is 10.8. The number of rotatable bonds is 5. The summed E-state index contributed by atoms with van der Waals surface area (Å²) in [5.41, 5.74) is 4.32. The fraction of sp³-hybridized carbons (Fsp3) is 0.238. The molecule has 1 aromatic carbocycles. The van der Waals surface area contributed by atoms with Crippen molar-refractivity contribution < 1.29 is 14.3 Å². The fourth-order valence-corrected chi connectivity index (χ4v) is 4.69. The Balaban J connectivity index is 1.78. The molecule has 0 saturated carbocycles. The van der Waals surface area contributed by atoms with Gasteiger partial charge in [-0.1, -0.05) is 12.1 Å². The molecule has 144 valence electrons. The molecule has 4 aromatic rings. The molecular weight excluding hydrogens is 469 g/mol. The highest BCUT2D eigenvalue weighted by Gasteiger charge is 2.24. The third-order valence-corrected chi connectivity index (χ3v) is 5.92. The van der Waals surface area contributed by atoms with Crippen LogP contribution in [-0.4, -0.2) is 27.0 Å². The lowest BCUT2D eigenvalue weighted by atomic mass is 10.0. The lowest BCUT2D eigenvalue weighted by molar-refractivity contribution is 0.187. The van der Waals surface area contributed by atoms with Gasteiger partial charge >= 0.3 is 0 Å². The zero-order valence-electron chi connectivity index (χ0n) is 15.8. The highest BCUT2D eigenvalue weighted by molar-refractivity contribution is 14.1. The van der Waals surface area contributed by atoms with Crippen LogP contribution in [0.2, 0.25) is 0 Å². The van der Waals surface area contributed by atoms with Crippen molar-refractivity contribution in [1.82, 2.24) is 14.8 Å². The molecule has 0 aliphatic carbocycles. The van der Waals surface area contributed by atoms with E-state index >= 15 is 0 Å². The summed E-state index contributed by atoms with van der Waals surface area (Å²) >= 11 is 2.27. The Morgan fingerprint density at radius 1 is 1.18 bits per heavy atom. The number of hydrogen-bond donors (Lipinski definition) is 1. The van der Waals surface area contributed by atoms with E-state index in [2.05, 4.69) is 22.6 Å². The molecule has 0 spiro atoms. The van der Waals surface area contributed by atoms with Crippen molar-refractivity contribution >= 4 is 33.6 Å². The van der Waals surface area contributed by atoms with Gasteiger partial charge in [0.2, 0.25) is 0 Å². The number of halogens is 1. The lowest BCUT2D eigenvalue weighted by Crippen LogP contribution is -2.08. The topological polar surface area (TPSA) is 73.3 Å². The van der Waals surface area contributed by atoms with Crippen molar-refractivity contribution in [2.24, 2.45) is 0 Å². The van der Waals surface area contributed by atoms with Gasteiger partial charge in [-0.25, -0.2) is 9.67 Å².